The molecule has 2 aromatic rings. The van der Waals surface area contributed by atoms with Crippen molar-refractivity contribution in [2.45, 2.75) is 26.8 Å². The molecule has 2 rings (SSSR count). The minimum Gasteiger partial charge on any atom is -0.359 e. The first-order valence-electron chi connectivity index (χ1n) is 4.93. The lowest BCUT2D eigenvalue weighted by Gasteiger charge is -2.04. The van der Waals surface area contributed by atoms with E-state index in [1.807, 2.05) is 0 Å². The molecule has 2 nitrogen and oxygen atoms in total. The van der Waals surface area contributed by atoms with Crippen LogP contribution < -0.4 is 5.32 Å². The van der Waals surface area contributed by atoms with Gasteiger partial charge in [0.05, 0.1) is 10.6 Å². The third kappa shape index (κ3) is 2.38. The molecule has 2 aromatic heterocycles. The number of nitrogens with zero attached hydrogens (tertiary/aromatic N) is 1. The Kier molecular flexibility index (Phi) is 3.07. The van der Waals surface area contributed by atoms with Gasteiger partial charge in [-0.25, -0.2) is 4.98 Å². The van der Waals surface area contributed by atoms with Gasteiger partial charge in [0.15, 0.2) is 5.13 Å². The molecule has 0 aliphatic heterocycles. The monoisotopic (exact) mass is 238 g/mol. The smallest absolute Gasteiger partial charge is 0.183 e. The molecule has 2 heterocycles. The third-order valence-electron chi connectivity index (χ3n) is 2.01. The van der Waals surface area contributed by atoms with Crippen molar-refractivity contribution in [2.75, 3.05) is 5.32 Å². The van der Waals surface area contributed by atoms with Gasteiger partial charge in [-0.15, -0.1) is 22.7 Å². The number of nitrogens with one attached hydrogen (secondary N) is 1. The number of aryl methyl sites for hydroxylation is 1. The number of rotatable bonds is 3. The van der Waals surface area contributed by atoms with Crippen LogP contribution in [-0.2, 0) is 0 Å². The van der Waals surface area contributed by atoms with Crippen LogP contribution >= 0.6 is 22.7 Å². The summed E-state index contributed by atoms with van der Waals surface area (Å²) in [5, 5.41) is 8.55. The molecule has 15 heavy (non-hydrogen) atoms. The summed E-state index contributed by atoms with van der Waals surface area (Å²) in [5.74, 6) is 0. The van der Waals surface area contributed by atoms with Crippen LogP contribution in [0.1, 0.15) is 19.4 Å². The maximum Gasteiger partial charge on any atom is 0.183 e. The van der Waals surface area contributed by atoms with Gasteiger partial charge < -0.3 is 5.32 Å². The molecule has 1 N–H and O–H groups in total. The van der Waals surface area contributed by atoms with Crippen molar-refractivity contribution in [3.05, 3.63) is 22.4 Å². The van der Waals surface area contributed by atoms with E-state index in [0.717, 1.165) is 10.8 Å². The number of hydrogen-bond donors (Lipinski definition) is 1. The van der Waals surface area contributed by atoms with E-state index in [1.54, 1.807) is 22.7 Å². The first-order chi connectivity index (χ1) is 7.16. The van der Waals surface area contributed by atoms with Crippen LogP contribution in [0.3, 0.4) is 0 Å². The maximum absolute atomic E-state index is 4.57. The summed E-state index contributed by atoms with van der Waals surface area (Å²) in [6.45, 7) is 6.37. The number of anilines is 1. The summed E-state index contributed by atoms with van der Waals surface area (Å²) in [4.78, 5) is 5.85. The molecule has 0 aromatic carbocycles. The zero-order valence-electron chi connectivity index (χ0n) is 9.07. The van der Waals surface area contributed by atoms with Crippen LogP contribution in [0, 0.1) is 6.92 Å². The second kappa shape index (κ2) is 4.33. The summed E-state index contributed by atoms with van der Waals surface area (Å²) in [7, 11) is 0. The first-order valence-corrected chi connectivity index (χ1v) is 6.69. The third-order valence-corrected chi connectivity index (χ3v) is 3.82. The topological polar surface area (TPSA) is 24.9 Å². The second-order valence-electron chi connectivity index (χ2n) is 3.77. The van der Waals surface area contributed by atoms with Gasteiger partial charge in [-0.3, -0.25) is 0 Å². The SMILES string of the molecule is Cc1ccsc1-c1csc(NC(C)C)n1. The van der Waals surface area contributed by atoms with E-state index in [0.29, 0.717) is 6.04 Å². The highest BCUT2D eigenvalue weighted by Crippen LogP contribution is 2.31. The van der Waals surface area contributed by atoms with Gasteiger partial charge in [0, 0.05) is 11.4 Å². The number of thiophene rings is 1. The highest BCUT2D eigenvalue weighted by molar-refractivity contribution is 7.16. The lowest BCUT2D eigenvalue weighted by atomic mass is 10.2. The fourth-order valence-corrected chi connectivity index (χ4v) is 3.14. The summed E-state index contributed by atoms with van der Waals surface area (Å²) >= 11 is 3.42. The predicted molar refractivity (Wildman–Crippen MR) is 68.9 cm³/mol. The van der Waals surface area contributed by atoms with Crippen molar-refractivity contribution in [2.24, 2.45) is 0 Å². The second-order valence-corrected chi connectivity index (χ2v) is 5.54. The Balaban J connectivity index is 2.24. The van der Waals surface area contributed by atoms with Gasteiger partial charge in [-0.05, 0) is 37.8 Å². The zero-order chi connectivity index (χ0) is 10.8. The quantitative estimate of drug-likeness (QED) is 0.874. The van der Waals surface area contributed by atoms with E-state index >= 15 is 0 Å². The molecule has 0 saturated heterocycles. The van der Waals surface area contributed by atoms with Crippen molar-refractivity contribution in [3.63, 3.8) is 0 Å². The Labute approximate surface area is 98.0 Å². The highest BCUT2D eigenvalue weighted by atomic mass is 32.1. The highest BCUT2D eigenvalue weighted by Gasteiger charge is 2.08. The van der Waals surface area contributed by atoms with Crippen LogP contribution in [0.25, 0.3) is 10.6 Å². The van der Waals surface area contributed by atoms with Crippen LogP contribution in [0.2, 0.25) is 0 Å². The van der Waals surface area contributed by atoms with Crippen molar-refractivity contribution in [3.8, 4) is 10.6 Å². The Morgan fingerprint density at radius 1 is 1.33 bits per heavy atom. The molecule has 0 amide bonds. The van der Waals surface area contributed by atoms with Gasteiger partial charge in [0.2, 0.25) is 0 Å². The van der Waals surface area contributed by atoms with E-state index in [1.165, 1.54) is 10.4 Å². The van der Waals surface area contributed by atoms with Gasteiger partial charge in [-0.2, -0.15) is 0 Å². The summed E-state index contributed by atoms with van der Waals surface area (Å²) in [5.41, 5.74) is 2.40. The molecule has 0 fully saturated rings. The Morgan fingerprint density at radius 2 is 2.13 bits per heavy atom. The van der Waals surface area contributed by atoms with E-state index in [-0.39, 0.29) is 0 Å². The van der Waals surface area contributed by atoms with Crippen molar-refractivity contribution in [1.82, 2.24) is 4.98 Å². The van der Waals surface area contributed by atoms with Crippen molar-refractivity contribution >= 4 is 27.8 Å². The summed E-state index contributed by atoms with van der Waals surface area (Å²) in [6, 6.07) is 2.57. The van der Waals surface area contributed by atoms with Crippen molar-refractivity contribution < 1.29 is 0 Å². The zero-order valence-corrected chi connectivity index (χ0v) is 10.7. The van der Waals surface area contributed by atoms with E-state index in [9.17, 15) is 0 Å². The molecule has 0 radical (unpaired) electrons. The van der Waals surface area contributed by atoms with E-state index in [2.05, 4.69) is 47.9 Å². The average Bonchev–Trinajstić information content (AvgIpc) is 2.72. The number of aromatic nitrogens is 1. The Morgan fingerprint density at radius 3 is 2.73 bits per heavy atom. The van der Waals surface area contributed by atoms with Gasteiger partial charge in [0.1, 0.15) is 0 Å². The average molecular weight is 238 g/mol. The molecule has 0 atom stereocenters. The Hall–Kier alpha value is -0.870. The first kappa shape index (κ1) is 10.6. The van der Waals surface area contributed by atoms with Crippen LogP contribution in [0.4, 0.5) is 5.13 Å². The molecule has 0 bridgehead atoms. The molecule has 0 spiro atoms. The molecule has 0 aliphatic rings. The molecular formula is C11H14N2S2. The number of thiazole rings is 1. The number of hydrogen-bond acceptors (Lipinski definition) is 4. The molecule has 0 saturated carbocycles. The summed E-state index contributed by atoms with van der Waals surface area (Å²) in [6.07, 6.45) is 0. The normalized spacial score (nSPS) is 10.9. The largest absolute Gasteiger partial charge is 0.359 e. The van der Waals surface area contributed by atoms with Crippen LogP contribution in [0.5, 0.6) is 0 Å². The Bertz CT molecular complexity index is 443. The fourth-order valence-electron chi connectivity index (χ4n) is 1.33. The minimum absolute atomic E-state index is 0.438. The van der Waals surface area contributed by atoms with E-state index < -0.39 is 0 Å². The van der Waals surface area contributed by atoms with Crippen LogP contribution in [0.15, 0.2) is 16.8 Å². The lowest BCUT2D eigenvalue weighted by molar-refractivity contribution is 0.897. The van der Waals surface area contributed by atoms with E-state index in [4.69, 9.17) is 0 Å². The molecule has 0 unspecified atom stereocenters. The molecule has 4 heteroatoms. The van der Waals surface area contributed by atoms with Gasteiger partial charge in [0.25, 0.3) is 0 Å². The molecular weight excluding hydrogens is 224 g/mol. The standard InChI is InChI=1S/C11H14N2S2/c1-7(2)12-11-13-9(6-15-11)10-8(3)4-5-14-10/h4-7H,1-3H3,(H,12,13). The predicted octanol–water partition coefficient (Wildman–Crippen LogP) is 4.00. The molecule has 80 valence electrons. The lowest BCUT2D eigenvalue weighted by Crippen LogP contribution is -2.08. The van der Waals surface area contributed by atoms with Crippen molar-refractivity contribution in [1.29, 1.82) is 0 Å². The van der Waals surface area contributed by atoms with Gasteiger partial charge in [-0.1, -0.05) is 0 Å². The fraction of sp³-hybridized carbons (Fsp3) is 0.364. The summed E-state index contributed by atoms with van der Waals surface area (Å²) < 4.78 is 0. The minimum atomic E-state index is 0.438. The maximum atomic E-state index is 4.57. The molecule has 0 aliphatic carbocycles. The van der Waals surface area contributed by atoms with Crippen LogP contribution in [-0.4, -0.2) is 11.0 Å². The van der Waals surface area contributed by atoms with Gasteiger partial charge >= 0.3 is 0 Å².